The summed E-state index contributed by atoms with van der Waals surface area (Å²) in [4.78, 5) is 17.1. The van der Waals surface area contributed by atoms with Crippen LogP contribution in [0.1, 0.15) is 23.6 Å². The first-order chi connectivity index (χ1) is 12.7. The second-order valence-corrected chi connectivity index (χ2v) is 7.35. The highest BCUT2D eigenvalue weighted by molar-refractivity contribution is 6.30. The lowest BCUT2D eigenvalue weighted by Gasteiger charge is -2.41. The molecule has 26 heavy (non-hydrogen) atoms. The van der Waals surface area contributed by atoms with Gasteiger partial charge in [-0.1, -0.05) is 41.9 Å². The second-order valence-electron chi connectivity index (χ2n) is 6.91. The van der Waals surface area contributed by atoms with Crippen LogP contribution in [0.25, 0.3) is 0 Å². The first-order valence-corrected chi connectivity index (χ1v) is 9.56. The Labute approximate surface area is 159 Å². The Bertz CT molecular complexity index is 770. The average Bonchev–Trinajstić information content (AvgIpc) is 2.69. The Morgan fingerprint density at radius 3 is 2.54 bits per heavy atom. The molecule has 136 valence electrons. The molecule has 0 saturated carbocycles. The maximum Gasteiger partial charge on any atom is 0.227 e. The number of hydrogen-bond donors (Lipinski definition) is 0. The molecule has 0 aromatic heterocycles. The molecule has 4 nitrogen and oxygen atoms in total. The average molecular weight is 371 g/mol. The van der Waals surface area contributed by atoms with Gasteiger partial charge in [-0.25, -0.2) is 0 Å². The van der Waals surface area contributed by atoms with Crippen molar-refractivity contribution < 1.29 is 9.53 Å². The van der Waals surface area contributed by atoms with Crippen molar-refractivity contribution in [2.45, 2.75) is 18.9 Å². The number of amides is 1. The van der Waals surface area contributed by atoms with E-state index in [0.29, 0.717) is 17.5 Å². The minimum Gasteiger partial charge on any atom is -0.493 e. The van der Waals surface area contributed by atoms with E-state index in [2.05, 4.69) is 17.0 Å². The van der Waals surface area contributed by atoms with E-state index in [0.717, 1.165) is 50.5 Å². The molecule has 1 fully saturated rings. The van der Waals surface area contributed by atoms with Crippen molar-refractivity contribution in [1.29, 1.82) is 0 Å². The van der Waals surface area contributed by atoms with Crippen LogP contribution < -0.4 is 4.74 Å². The number of ether oxygens (including phenoxy) is 1. The molecule has 2 aromatic carbocycles. The number of fused-ring (bicyclic) bond motifs is 1. The summed E-state index contributed by atoms with van der Waals surface area (Å²) in [6.07, 6.45) is 1.45. The summed E-state index contributed by atoms with van der Waals surface area (Å²) < 4.78 is 5.78. The van der Waals surface area contributed by atoms with Crippen LogP contribution in [0.3, 0.4) is 0 Å². The fourth-order valence-corrected chi connectivity index (χ4v) is 4.00. The third-order valence-corrected chi connectivity index (χ3v) is 5.56. The molecule has 1 atom stereocenters. The number of carbonyl (C=O) groups excluding carboxylic acids is 1. The van der Waals surface area contributed by atoms with Gasteiger partial charge in [0, 0.05) is 49.2 Å². The monoisotopic (exact) mass is 370 g/mol. The van der Waals surface area contributed by atoms with Gasteiger partial charge in [0.25, 0.3) is 0 Å². The summed E-state index contributed by atoms with van der Waals surface area (Å²) in [6.45, 7) is 4.14. The molecule has 2 heterocycles. The quantitative estimate of drug-likeness (QED) is 0.828. The molecule has 2 aromatic rings. The van der Waals surface area contributed by atoms with E-state index < -0.39 is 0 Å². The van der Waals surface area contributed by atoms with Gasteiger partial charge in [0.05, 0.1) is 13.0 Å². The van der Waals surface area contributed by atoms with Crippen molar-refractivity contribution in [1.82, 2.24) is 9.80 Å². The standard InChI is InChI=1S/C21H23ClN2O2/c22-17-7-5-16(6-8-17)15-21(25)24-12-10-23(11-13-24)19-9-14-26-20-4-2-1-3-18(19)20/h1-8,19H,9-15H2. The van der Waals surface area contributed by atoms with Crippen molar-refractivity contribution in [3.8, 4) is 5.75 Å². The van der Waals surface area contributed by atoms with Crippen LogP contribution in [0.15, 0.2) is 48.5 Å². The third kappa shape index (κ3) is 3.71. The Morgan fingerprint density at radius 2 is 1.77 bits per heavy atom. The van der Waals surface area contributed by atoms with Gasteiger partial charge in [0.1, 0.15) is 5.75 Å². The Balaban J connectivity index is 1.36. The van der Waals surface area contributed by atoms with Gasteiger partial charge in [-0.15, -0.1) is 0 Å². The van der Waals surface area contributed by atoms with Crippen molar-refractivity contribution in [3.63, 3.8) is 0 Å². The van der Waals surface area contributed by atoms with Gasteiger partial charge in [-0.3, -0.25) is 9.69 Å². The van der Waals surface area contributed by atoms with E-state index in [1.165, 1.54) is 5.56 Å². The molecule has 0 bridgehead atoms. The van der Waals surface area contributed by atoms with Crippen LogP contribution >= 0.6 is 11.6 Å². The number of benzene rings is 2. The lowest BCUT2D eigenvalue weighted by molar-refractivity contribution is -0.132. The zero-order chi connectivity index (χ0) is 17.9. The molecule has 0 aliphatic carbocycles. The van der Waals surface area contributed by atoms with Crippen LogP contribution in [-0.2, 0) is 11.2 Å². The molecule has 1 unspecified atom stereocenters. The fraction of sp³-hybridized carbons (Fsp3) is 0.381. The lowest BCUT2D eigenvalue weighted by atomic mass is 9.98. The minimum atomic E-state index is 0.194. The number of halogens is 1. The minimum absolute atomic E-state index is 0.194. The lowest BCUT2D eigenvalue weighted by Crippen LogP contribution is -2.50. The zero-order valence-corrected chi connectivity index (χ0v) is 15.5. The summed E-state index contributed by atoms with van der Waals surface area (Å²) >= 11 is 5.91. The molecule has 4 rings (SSSR count). The number of nitrogens with zero attached hydrogens (tertiary/aromatic N) is 2. The second kappa shape index (κ2) is 7.68. The van der Waals surface area contributed by atoms with E-state index in [1.807, 2.05) is 41.3 Å². The molecule has 2 aliphatic heterocycles. The number of piperazine rings is 1. The fourth-order valence-electron chi connectivity index (χ4n) is 3.87. The summed E-state index contributed by atoms with van der Waals surface area (Å²) in [5.41, 5.74) is 2.29. The predicted molar refractivity (Wildman–Crippen MR) is 103 cm³/mol. The van der Waals surface area contributed by atoms with Gasteiger partial charge in [0.2, 0.25) is 5.91 Å². The largest absolute Gasteiger partial charge is 0.493 e. The number of rotatable bonds is 3. The highest BCUT2D eigenvalue weighted by Crippen LogP contribution is 2.36. The highest BCUT2D eigenvalue weighted by Gasteiger charge is 2.30. The Kier molecular flexibility index (Phi) is 5.14. The van der Waals surface area contributed by atoms with Gasteiger partial charge in [-0.2, -0.15) is 0 Å². The summed E-state index contributed by atoms with van der Waals surface area (Å²) in [7, 11) is 0. The van der Waals surface area contributed by atoms with Crippen molar-refractivity contribution in [2.75, 3.05) is 32.8 Å². The molecule has 5 heteroatoms. The van der Waals surface area contributed by atoms with Crippen LogP contribution in [-0.4, -0.2) is 48.5 Å². The summed E-state index contributed by atoms with van der Waals surface area (Å²) in [6, 6.07) is 16.2. The van der Waals surface area contributed by atoms with E-state index in [-0.39, 0.29) is 5.91 Å². The van der Waals surface area contributed by atoms with Crippen molar-refractivity contribution >= 4 is 17.5 Å². The van der Waals surface area contributed by atoms with Crippen LogP contribution in [0.2, 0.25) is 5.02 Å². The maximum absolute atomic E-state index is 12.6. The van der Waals surface area contributed by atoms with Gasteiger partial charge in [-0.05, 0) is 23.8 Å². The highest BCUT2D eigenvalue weighted by atomic mass is 35.5. The maximum atomic E-state index is 12.6. The number of para-hydroxylation sites is 1. The molecule has 0 N–H and O–H groups in total. The molecular weight excluding hydrogens is 348 g/mol. The number of hydrogen-bond acceptors (Lipinski definition) is 3. The molecule has 0 radical (unpaired) electrons. The number of carbonyl (C=O) groups is 1. The summed E-state index contributed by atoms with van der Waals surface area (Å²) in [5.74, 6) is 1.20. The molecular formula is C21H23ClN2O2. The first-order valence-electron chi connectivity index (χ1n) is 9.19. The topological polar surface area (TPSA) is 32.8 Å². The van der Waals surface area contributed by atoms with Crippen molar-refractivity contribution in [3.05, 3.63) is 64.7 Å². The predicted octanol–water partition coefficient (Wildman–Crippen LogP) is 3.55. The Hall–Kier alpha value is -2.04. The van der Waals surface area contributed by atoms with E-state index in [9.17, 15) is 4.79 Å². The van der Waals surface area contributed by atoms with Crippen molar-refractivity contribution in [2.24, 2.45) is 0 Å². The van der Waals surface area contributed by atoms with Crippen LogP contribution in [0.4, 0.5) is 0 Å². The van der Waals surface area contributed by atoms with Crippen LogP contribution in [0, 0.1) is 0 Å². The molecule has 1 saturated heterocycles. The molecule has 1 amide bonds. The van der Waals surface area contributed by atoms with E-state index >= 15 is 0 Å². The smallest absolute Gasteiger partial charge is 0.227 e. The van der Waals surface area contributed by atoms with Crippen LogP contribution in [0.5, 0.6) is 5.75 Å². The first kappa shape index (κ1) is 17.4. The van der Waals surface area contributed by atoms with Gasteiger partial charge >= 0.3 is 0 Å². The van der Waals surface area contributed by atoms with Gasteiger partial charge < -0.3 is 9.64 Å². The zero-order valence-electron chi connectivity index (χ0n) is 14.7. The van der Waals surface area contributed by atoms with E-state index in [4.69, 9.17) is 16.3 Å². The third-order valence-electron chi connectivity index (χ3n) is 5.30. The normalized spacial score (nSPS) is 20.3. The van der Waals surface area contributed by atoms with E-state index in [1.54, 1.807) is 0 Å². The summed E-state index contributed by atoms with van der Waals surface area (Å²) in [5, 5.41) is 0.701. The Morgan fingerprint density at radius 1 is 1.04 bits per heavy atom. The molecule has 0 spiro atoms. The SMILES string of the molecule is O=C(Cc1ccc(Cl)cc1)N1CCN(C2CCOc3ccccc32)CC1. The molecule has 2 aliphatic rings. The van der Waals surface area contributed by atoms with Gasteiger partial charge in [0.15, 0.2) is 0 Å².